The summed E-state index contributed by atoms with van der Waals surface area (Å²) in [6, 6.07) is 7.85. The van der Waals surface area contributed by atoms with Crippen molar-refractivity contribution in [1.82, 2.24) is 5.32 Å². The van der Waals surface area contributed by atoms with Crippen molar-refractivity contribution < 1.29 is 9.47 Å². The van der Waals surface area contributed by atoms with Crippen molar-refractivity contribution in [2.75, 3.05) is 21.3 Å². The van der Waals surface area contributed by atoms with Crippen LogP contribution in [0, 0.1) is 0 Å². The molecule has 0 spiro atoms. The number of rotatable bonds is 5. The summed E-state index contributed by atoms with van der Waals surface area (Å²) in [5, 5.41) is 3.30. The maximum Gasteiger partial charge on any atom is 0.161 e. The van der Waals surface area contributed by atoms with Crippen molar-refractivity contribution >= 4 is 38.9 Å². The van der Waals surface area contributed by atoms with Gasteiger partial charge in [0, 0.05) is 9.35 Å². The highest BCUT2D eigenvalue weighted by Crippen LogP contribution is 2.39. The van der Waals surface area contributed by atoms with Crippen molar-refractivity contribution in [2.24, 2.45) is 0 Å². The molecule has 1 atom stereocenters. The fourth-order valence-electron chi connectivity index (χ4n) is 2.03. The van der Waals surface area contributed by atoms with Gasteiger partial charge < -0.3 is 14.8 Å². The molecule has 0 radical (unpaired) electrons. The standard InChI is InChI=1S/C14H15BrClNO2S/c1-17-14(12-4-5-13(16)20-12)8-6-10(18-2)11(19-3)7-9(8)15/h4-7,14,17H,1-3H3. The molecular formula is C14H15BrClNO2S. The lowest BCUT2D eigenvalue weighted by atomic mass is 10.0. The molecule has 0 bridgehead atoms. The third-order valence-corrected chi connectivity index (χ3v) is 4.96. The van der Waals surface area contributed by atoms with Crippen molar-refractivity contribution in [3.63, 3.8) is 0 Å². The number of benzene rings is 1. The number of methoxy groups -OCH3 is 2. The Bertz CT molecular complexity index is 603. The molecule has 6 heteroatoms. The van der Waals surface area contributed by atoms with Crippen LogP contribution in [0.15, 0.2) is 28.7 Å². The number of halogens is 2. The summed E-state index contributed by atoms with van der Waals surface area (Å²) in [6.07, 6.45) is 0. The van der Waals surface area contributed by atoms with E-state index in [9.17, 15) is 0 Å². The van der Waals surface area contributed by atoms with Gasteiger partial charge in [0.1, 0.15) is 0 Å². The van der Waals surface area contributed by atoms with Gasteiger partial charge in [0.25, 0.3) is 0 Å². The number of thiophene rings is 1. The SMILES string of the molecule is CNC(c1ccc(Cl)s1)c1cc(OC)c(OC)cc1Br. The predicted octanol–water partition coefficient (Wildman–Crippen LogP) is 4.49. The van der Waals surface area contributed by atoms with Gasteiger partial charge >= 0.3 is 0 Å². The summed E-state index contributed by atoms with van der Waals surface area (Å²) in [5.41, 5.74) is 1.07. The van der Waals surface area contributed by atoms with Crippen molar-refractivity contribution in [3.05, 3.63) is 43.5 Å². The summed E-state index contributed by atoms with van der Waals surface area (Å²) in [6.45, 7) is 0. The van der Waals surface area contributed by atoms with E-state index in [1.54, 1.807) is 25.6 Å². The van der Waals surface area contributed by atoms with Gasteiger partial charge in [-0.25, -0.2) is 0 Å². The van der Waals surface area contributed by atoms with E-state index < -0.39 is 0 Å². The third kappa shape index (κ3) is 3.11. The fourth-order valence-corrected chi connectivity index (χ4v) is 3.77. The smallest absolute Gasteiger partial charge is 0.161 e. The molecule has 1 unspecified atom stereocenters. The summed E-state index contributed by atoms with van der Waals surface area (Å²) in [7, 11) is 5.17. The topological polar surface area (TPSA) is 30.5 Å². The first kappa shape index (κ1) is 15.6. The average molecular weight is 377 g/mol. The number of nitrogens with one attached hydrogen (secondary N) is 1. The Balaban J connectivity index is 2.49. The molecule has 1 heterocycles. The van der Waals surface area contributed by atoms with Crippen LogP contribution in [0.5, 0.6) is 11.5 Å². The molecule has 0 saturated heterocycles. The van der Waals surface area contributed by atoms with Gasteiger partial charge in [-0.1, -0.05) is 27.5 Å². The quantitative estimate of drug-likeness (QED) is 0.834. The molecule has 0 amide bonds. The first-order valence-electron chi connectivity index (χ1n) is 5.94. The van der Waals surface area contributed by atoms with Crippen molar-refractivity contribution in [2.45, 2.75) is 6.04 Å². The van der Waals surface area contributed by atoms with Crippen LogP contribution in [0.4, 0.5) is 0 Å². The monoisotopic (exact) mass is 375 g/mol. The second-order valence-corrected chi connectivity index (χ2v) is 6.69. The van der Waals surface area contributed by atoms with Crippen LogP contribution in [0.3, 0.4) is 0 Å². The number of hydrogen-bond acceptors (Lipinski definition) is 4. The van der Waals surface area contributed by atoms with Gasteiger partial charge in [0.05, 0.1) is 24.6 Å². The minimum Gasteiger partial charge on any atom is -0.493 e. The molecule has 0 saturated carbocycles. The lowest BCUT2D eigenvalue weighted by Crippen LogP contribution is -2.17. The predicted molar refractivity (Wildman–Crippen MR) is 87.5 cm³/mol. The van der Waals surface area contributed by atoms with Gasteiger partial charge in [-0.2, -0.15) is 0 Å². The van der Waals surface area contributed by atoms with Gasteiger partial charge in [0.2, 0.25) is 0 Å². The summed E-state index contributed by atoms with van der Waals surface area (Å²) in [5.74, 6) is 1.40. The van der Waals surface area contributed by atoms with Crippen LogP contribution in [0.25, 0.3) is 0 Å². The average Bonchev–Trinajstić information content (AvgIpc) is 2.87. The summed E-state index contributed by atoms with van der Waals surface area (Å²) >= 11 is 11.2. The minimum atomic E-state index is 0.0432. The van der Waals surface area contributed by atoms with Gasteiger partial charge in [-0.3, -0.25) is 0 Å². The van der Waals surface area contributed by atoms with E-state index in [1.807, 2.05) is 31.3 Å². The van der Waals surface area contributed by atoms with Crippen LogP contribution in [-0.2, 0) is 0 Å². The van der Waals surface area contributed by atoms with E-state index in [4.69, 9.17) is 21.1 Å². The molecule has 0 aliphatic rings. The third-order valence-electron chi connectivity index (χ3n) is 2.98. The lowest BCUT2D eigenvalue weighted by molar-refractivity contribution is 0.354. The van der Waals surface area contributed by atoms with E-state index in [1.165, 1.54) is 0 Å². The highest BCUT2D eigenvalue weighted by atomic mass is 79.9. The van der Waals surface area contributed by atoms with E-state index >= 15 is 0 Å². The van der Waals surface area contributed by atoms with Crippen LogP contribution in [-0.4, -0.2) is 21.3 Å². The van der Waals surface area contributed by atoms with E-state index in [0.29, 0.717) is 11.5 Å². The Morgan fingerprint density at radius 2 is 1.85 bits per heavy atom. The fraction of sp³-hybridized carbons (Fsp3) is 0.286. The van der Waals surface area contributed by atoms with Crippen molar-refractivity contribution in [1.29, 1.82) is 0 Å². The first-order chi connectivity index (χ1) is 9.60. The highest BCUT2D eigenvalue weighted by Gasteiger charge is 2.20. The second kappa shape index (κ2) is 6.80. The molecule has 20 heavy (non-hydrogen) atoms. The molecule has 2 rings (SSSR count). The lowest BCUT2D eigenvalue weighted by Gasteiger charge is -2.19. The van der Waals surface area contributed by atoms with Crippen LogP contribution < -0.4 is 14.8 Å². The van der Waals surface area contributed by atoms with Crippen LogP contribution in [0.1, 0.15) is 16.5 Å². The molecule has 1 N–H and O–H groups in total. The molecular weight excluding hydrogens is 362 g/mol. The summed E-state index contributed by atoms with van der Waals surface area (Å²) in [4.78, 5) is 1.14. The Hall–Kier alpha value is -0.750. The molecule has 108 valence electrons. The maximum atomic E-state index is 6.03. The molecule has 0 aliphatic carbocycles. The zero-order valence-corrected chi connectivity index (χ0v) is 14.5. The van der Waals surface area contributed by atoms with E-state index in [0.717, 1.165) is 19.2 Å². The Labute approximate surface area is 136 Å². The molecule has 0 aliphatic heterocycles. The molecule has 0 fully saturated rings. The minimum absolute atomic E-state index is 0.0432. The first-order valence-corrected chi connectivity index (χ1v) is 7.93. The summed E-state index contributed by atoms with van der Waals surface area (Å²) < 4.78 is 12.4. The Morgan fingerprint density at radius 3 is 2.35 bits per heavy atom. The van der Waals surface area contributed by atoms with Crippen LogP contribution in [0.2, 0.25) is 4.34 Å². The zero-order chi connectivity index (χ0) is 14.7. The maximum absolute atomic E-state index is 6.03. The van der Waals surface area contributed by atoms with Crippen LogP contribution >= 0.6 is 38.9 Å². The molecule has 3 nitrogen and oxygen atoms in total. The van der Waals surface area contributed by atoms with Crippen molar-refractivity contribution in [3.8, 4) is 11.5 Å². The second-order valence-electron chi connectivity index (χ2n) is 4.09. The number of ether oxygens (including phenoxy) is 2. The van der Waals surface area contributed by atoms with Gasteiger partial charge in [-0.15, -0.1) is 11.3 Å². The molecule has 1 aromatic carbocycles. The molecule has 1 aromatic heterocycles. The number of hydrogen-bond donors (Lipinski definition) is 1. The molecule has 2 aromatic rings. The Morgan fingerprint density at radius 1 is 1.20 bits per heavy atom. The van der Waals surface area contributed by atoms with Gasteiger partial charge in [0.15, 0.2) is 11.5 Å². The largest absolute Gasteiger partial charge is 0.493 e. The Kier molecular flexibility index (Phi) is 5.32. The normalized spacial score (nSPS) is 12.2. The zero-order valence-electron chi connectivity index (χ0n) is 11.4. The van der Waals surface area contributed by atoms with E-state index in [-0.39, 0.29) is 6.04 Å². The van der Waals surface area contributed by atoms with Gasteiger partial charge in [-0.05, 0) is 36.9 Å². The van der Waals surface area contributed by atoms with E-state index in [2.05, 4.69) is 21.2 Å². The highest BCUT2D eigenvalue weighted by molar-refractivity contribution is 9.10.